The maximum Gasteiger partial charge on any atom is 0.124 e. The third kappa shape index (κ3) is 2.65. The van der Waals surface area contributed by atoms with Crippen molar-refractivity contribution in [3.05, 3.63) is 59.4 Å². The lowest BCUT2D eigenvalue weighted by Crippen LogP contribution is -2.36. The molecule has 0 amide bonds. The van der Waals surface area contributed by atoms with Crippen LogP contribution in [0.25, 0.3) is 0 Å². The van der Waals surface area contributed by atoms with Crippen molar-refractivity contribution in [2.45, 2.75) is 31.9 Å². The fourth-order valence-corrected chi connectivity index (χ4v) is 3.97. The highest BCUT2D eigenvalue weighted by atomic mass is 19.1. The Morgan fingerprint density at radius 3 is 2.96 bits per heavy atom. The van der Waals surface area contributed by atoms with Crippen molar-refractivity contribution < 1.29 is 13.9 Å². The van der Waals surface area contributed by atoms with E-state index >= 15 is 0 Å². The molecule has 0 radical (unpaired) electrons. The molecule has 24 heavy (non-hydrogen) atoms. The number of anilines is 1. The largest absolute Gasteiger partial charge is 0.494 e. The lowest BCUT2D eigenvalue weighted by molar-refractivity contribution is -0.0384. The Balaban J connectivity index is 1.78. The number of fused-ring (bicyclic) bond motifs is 3. The molecule has 0 bridgehead atoms. The number of para-hydroxylation sites is 1. The first kappa shape index (κ1) is 15.5. The first-order chi connectivity index (χ1) is 11.8. The highest BCUT2D eigenvalue weighted by Crippen LogP contribution is 2.50. The maximum atomic E-state index is 13.7. The summed E-state index contributed by atoms with van der Waals surface area (Å²) in [7, 11) is 0. The van der Waals surface area contributed by atoms with Crippen LogP contribution in [0.5, 0.6) is 5.75 Å². The van der Waals surface area contributed by atoms with Gasteiger partial charge < -0.3 is 14.8 Å². The fraction of sp³-hybridized carbons (Fsp3) is 0.400. The first-order valence-corrected chi connectivity index (χ1v) is 8.67. The van der Waals surface area contributed by atoms with E-state index in [0.717, 1.165) is 42.0 Å². The second-order valence-corrected chi connectivity index (χ2v) is 6.42. The summed E-state index contributed by atoms with van der Waals surface area (Å²) in [5, 5.41) is 3.61. The van der Waals surface area contributed by atoms with Crippen LogP contribution in [-0.2, 0) is 4.74 Å². The van der Waals surface area contributed by atoms with Crippen LogP contribution in [0.3, 0.4) is 0 Å². The van der Waals surface area contributed by atoms with Crippen LogP contribution in [-0.4, -0.2) is 13.2 Å². The Labute approximate surface area is 141 Å². The molecule has 0 aromatic heterocycles. The lowest BCUT2D eigenvalue weighted by atomic mass is 9.77. The molecule has 126 valence electrons. The van der Waals surface area contributed by atoms with Crippen molar-refractivity contribution in [2.24, 2.45) is 5.92 Å². The standard InChI is InChI=1S/C20H22FNO2/c1-2-23-18-8-4-3-6-14(18)19-15-7-5-11-24-20(15)16-12-13(21)9-10-17(16)22-19/h3-4,6,8-10,12,15,19-20,22H,2,5,7,11H2,1H3/t15-,19-,20-/m0/s1. The second kappa shape index (κ2) is 6.44. The van der Waals surface area contributed by atoms with Crippen LogP contribution in [0.4, 0.5) is 10.1 Å². The van der Waals surface area contributed by atoms with Gasteiger partial charge in [-0.1, -0.05) is 18.2 Å². The van der Waals surface area contributed by atoms with Gasteiger partial charge in [0.2, 0.25) is 0 Å². The highest BCUT2D eigenvalue weighted by Gasteiger charge is 2.40. The smallest absolute Gasteiger partial charge is 0.124 e. The van der Waals surface area contributed by atoms with Gasteiger partial charge in [0.1, 0.15) is 11.6 Å². The van der Waals surface area contributed by atoms with Crippen LogP contribution in [0.2, 0.25) is 0 Å². The number of rotatable bonds is 3. The second-order valence-electron chi connectivity index (χ2n) is 6.42. The molecule has 4 rings (SSSR count). The molecule has 1 N–H and O–H groups in total. The minimum Gasteiger partial charge on any atom is -0.494 e. The third-order valence-electron chi connectivity index (χ3n) is 4.98. The number of halogens is 1. The zero-order valence-corrected chi connectivity index (χ0v) is 13.8. The van der Waals surface area contributed by atoms with Gasteiger partial charge in [-0.3, -0.25) is 0 Å². The van der Waals surface area contributed by atoms with E-state index in [9.17, 15) is 4.39 Å². The van der Waals surface area contributed by atoms with Crippen LogP contribution in [0, 0.1) is 11.7 Å². The molecular formula is C20H22FNO2. The third-order valence-corrected chi connectivity index (χ3v) is 4.98. The van der Waals surface area contributed by atoms with Crippen molar-refractivity contribution in [3.8, 4) is 5.75 Å². The number of nitrogens with one attached hydrogen (secondary N) is 1. The van der Waals surface area contributed by atoms with Crippen LogP contribution in [0.1, 0.15) is 43.0 Å². The van der Waals surface area contributed by atoms with E-state index in [1.165, 1.54) is 6.07 Å². The summed E-state index contributed by atoms with van der Waals surface area (Å²) in [4.78, 5) is 0. The maximum absolute atomic E-state index is 13.7. The van der Waals surface area contributed by atoms with Gasteiger partial charge in [0.05, 0.1) is 18.8 Å². The molecule has 2 aromatic carbocycles. The Morgan fingerprint density at radius 1 is 1.21 bits per heavy atom. The van der Waals surface area contributed by atoms with E-state index in [1.807, 2.05) is 31.2 Å². The van der Waals surface area contributed by atoms with Crippen LogP contribution < -0.4 is 10.1 Å². The minimum absolute atomic E-state index is 0.0645. The van der Waals surface area contributed by atoms with Gasteiger partial charge in [-0.25, -0.2) is 4.39 Å². The molecule has 0 aliphatic carbocycles. The normalized spacial score (nSPS) is 25.3. The summed E-state index contributed by atoms with van der Waals surface area (Å²) in [6.07, 6.45) is 2.02. The highest BCUT2D eigenvalue weighted by molar-refractivity contribution is 5.58. The van der Waals surface area contributed by atoms with Gasteiger partial charge in [0, 0.05) is 29.3 Å². The van der Waals surface area contributed by atoms with Gasteiger partial charge in [0.15, 0.2) is 0 Å². The monoisotopic (exact) mass is 327 g/mol. The summed E-state index contributed by atoms with van der Waals surface area (Å²) in [6.45, 7) is 3.36. The van der Waals surface area contributed by atoms with Crippen molar-refractivity contribution in [2.75, 3.05) is 18.5 Å². The van der Waals surface area contributed by atoms with E-state index in [0.29, 0.717) is 6.61 Å². The quantitative estimate of drug-likeness (QED) is 0.873. The number of hydrogen-bond acceptors (Lipinski definition) is 3. The number of hydrogen-bond donors (Lipinski definition) is 1. The first-order valence-electron chi connectivity index (χ1n) is 8.67. The van der Waals surface area contributed by atoms with E-state index < -0.39 is 0 Å². The summed E-state index contributed by atoms with van der Waals surface area (Å²) in [6, 6.07) is 13.2. The molecule has 2 aliphatic rings. The molecule has 4 heteroatoms. The zero-order chi connectivity index (χ0) is 16.5. The van der Waals surface area contributed by atoms with Gasteiger partial charge >= 0.3 is 0 Å². The number of ether oxygens (including phenoxy) is 2. The molecule has 2 aromatic rings. The summed E-state index contributed by atoms with van der Waals surface area (Å²) in [5.74, 6) is 0.971. The summed E-state index contributed by atoms with van der Waals surface area (Å²) in [5.41, 5.74) is 3.04. The zero-order valence-electron chi connectivity index (χ0n) is 13.8. The molecular weight excluding hydrogens is 305 g/mol. The van der Waals surface area contributed by atoms with Crippen molar-refractivity contribution >= 4 is 5.69 Å². The lowest BCUT2D eigenvalue weighted by Gasteiger charge is -2.43. The van der Waals surface area contributed by atoms with Gasteiger partial charge in [-0.15, -0.1) is 0 Å². The SMILES string of the molecule is CCOc1ccccc1[C@@H]1Nc2ccc(F)cc2[C@H]2OCCC[C@H]21. The topological polar surface area (TPSA) is 30.5 Å². The van der Waals surface area contributed by atoms with E-state index in [-0.39, 0.29) is 23.9 Å². The summed E-state index contributed by atoms with van der Waals surface area (Å²) >= 11 is 0. The fourth-order valence-electron chi connectivity index (χ4n) is 3.97. The molecule has 2 heterocycles. The molecule has 0 saturated carbocycles. The minimum atomic E-state index is -0.211. The van der Waals surface area contributed by atoms with Crippen LogP contribution >= 0.6 is 0 Å². The Bertz CT molecular complexity index is 733. The molecule has 3 nitrogen and oxygen atoms in total. The van der Waals surface area contributed by atoms with Crippen molar-refractivity contribution in [1.82, 2.24) is 0 Å². The average Bonchev–Trinajstić information content (AvgIpc) is 2.62. The molecule has 0 spiro atoms. The molecule has 3 atom stereocenters. The Hall–Kier alpha value is -2.07. The molecule has 2 aliphatic heterocycles. The predicted octanol–water partition coefficient (Wildman–Crippen LogP) is 4.86. The summed E-state index contributed by atoms with van der Waals surface area (Å²) < 4.78 is 25.6. The van der Waals surface area contributed by atoms with Gasteiger partial charge in [-0.2, -0.15) is 0 Å². The van der Waals surface area contributed by atoms with Gasteiger partial charge in [-0.05, 0) is 44.0 Å². The number of benzene rings is 2. The van der Waals surface area contributed by atoms with E-state index in [4.69, 9.17) is 9.47 Å². The Morgan fingerprint density at radius 2 is 2.08 bits per heavy atom. The van der Waals surface area contributed by atoms with E-state index in [1.54, 1.807) is 6.07 Å². The molecule has 1 saturated heterocycles. The van der Waals surface area contributed by atoms with E-state index in [2.05, 4.69) is 11.4 Å². The molecule has 1 fully saturated rings. The Kier molecular flexibility index (Phi) is 4.15. The molecule has 0 unspecified atom stereocenters. The van der Waals surface area contributed by atoms with Gasteiger partial charge in [0.25, 0.3) is 0 Å². The average molecular weight is 327 g/mol. The van der Waals surface area contributed by atoms with Crippen molar-refractivity contribution in [3.63, 3.8) is 0 Å². The van der Waals surface area contributed by atoms with Crippen LogP contribution in [0.15, 0.2) is 42.5 Å². The predicted molar refractivity (Wildman–Crippen MR) is 91.8 cm³/mol. The van der Waals surface area contributed by atoms with Crippen molar-refractivity contribution in [1.29, 1.82) is 0 Å².